The van der Waals surface area contributed by atoms with Gasteiger partial charge in [-0.25, -0.2) is 0 Å². The van der Waals surface area contributed by atoms with Gasteiger partial charge >= 0.3 is 0 Å². The minimum absolute atomic E-state index is 0.0338. The first kappa shape index (κ1) is 17.1. The maximum absolute atomic E-state index is 10.5. The van der Waals surface area contributed by atoms with Crippen molar-refractivity contribution in [1.29, 1.82) is 0 Å². The number of thiol groups is 1. The van der Waals surface area contributed by atoms with E-state index in [1.807, 2.05) is 12.1 Å². The largest absolute Gasteiger partial charge is 0.394 e. The van der Waals surface area contributed by atoms with Crippen LogP contribution in [0.5, 0.6) is 0 Å². The Labute approximate surface area is 136 Å². The van der Waals surface area contributed by atoms with Gasteiger partial charge in [0.15, 0.2) is 0 Å². The van der Waals surface area contributed by atoms with Gasteiger partial charge < -0.3 is 14.9 Å². The molecule has 1 fully saturated rings. The smallest absolute Gasteiger partial charge is 0.0999 e. The first-order chi connectivity index (χ1) is 10.6. The third kappa shape index (κ3) is 5.21. The topological polar surface area (TPSA) is 74.9 Å². The normalized spacial score (nSPS) is 26.5. The second-order valence-electron chi connectivity index (χ2n) is 5.43. The summed E-state index contributed by atoms with van der Waals surface area (Å²) in [4.78, 5) is 8.94. The lowest BCUT2D eigenvalue weighted by Gasteiger charge is -2.32. The van der Waals surface area contributed by atoms with E-state index in [2.05, 4.69) is 22.6 Å². The Morgan fingerprint density at radius 3 is 2.91 bits per heavy atom. The number of aromatic nitrogens is 1. The summed E-state index contributed by atoms with van der Waals surface area (Å²) in [6.45, 7) is 0.389. The maximum atomic E-state index is 10.5. The number of aliphatic imine (C=N–C) groups is 1. The van der Waals surface area contributed by atoms with E-state index in [0.717, 1.165) is 18.4 Å². The predicted octanol–water partition coefficient (Wildman–Crippen LogP) is 2.06. The lowest BCUT2D eigenvalue weighted by Crippen LogP contribution is -2.38. The van der Waals surface area contributed by atoms with E-state index in [9.17, 15) is 5.11 Å². The van der Waals surface area contributed by atoms with Crippen LogP contribution in [0, 0.1) is 0 Å². The van der Waals surface area contributed by atoms with Crippen LogP contribution in [-0.4, -0.2) is 46.3 Å². The summed E-state index contributed by atoms with van der Waals surface area (Å²) in [6, 6.07) is 3.74. The number of pyridine rings is 1. The van der Waals surface area contributed by atoms with Gasteiger partial charge in [-0.1, -0.05) is 6.07 Å². The molecule has 6 heteroatoms. The highest BCUT2D eigenvalue weighted by Crippen LogP contribution is 2.29. The molecule has 0 unspecified atom stereocenters. The fourth-order valence-corrected chi connectivity index (χ4v) is 2.64. The van der Waals surface area contributed by atoms with Gasteiger partial charge in [-0.2, -0.15) is 0 Å². The summed E-state index contributed by atoms with van der Waals surface area (Å²) in [5, 5.41) is 19.2. The van der Waals surface area contributed by atoms with Crippen LogP contribution in [0.15, 0.2) is 35.7 Å². The van der Waals surface area contributed by atoms with Crippen LogP contribution < -0.4 is 0 Å². The van der Waals surface area contributed by atoms with Crippen LogP contribution in [0.4, 0.5) is 0 Å². The van der Waals surface area contributed by atoms with E-state index >= 15 is 0 Å². The number of aliphatic hydroxyl groups excluding tert-OH is 1. The molecular formula is C16H22N2O3S. The van der Waals surface area contributed by atoms with Gasteiger partial charge in [0.05, 0.1) is 24.9 Å². The molecule has 0 radical (unpaired) electrons. The molecule has 1 aromatic rings. The van der Waals surface area contributed by atoms with Crippen molar-refractivity contribution in [2.45, 2.75) is 37.4 Å². The van der Waals surface area contributed by atoms with Crippen LogP contribution >= 0.6 is 12.6 Å². The molecule has 120 valence electrons. The Bertz CT molecular complexity index is 511. The molecule has 1 heterocycles. The van der Waals surface area contributed by atoms with Crippen LogP contribution in [0.2, 0.25) is 0 Å². The molecule has 0 bridgehead atoms. The standard InChI is InChI=1S/C16H22N2O3S/c19-8-9-21-14-3-5-16(20,6-4-14)12-18-11-15(22)13-2-1-7-17-10-13/h1-2,7,10-12,14,19-20,22H,3-6,8-9H2/b15-11-,18-12?. The molecule has 1 saturated carbocycles. The zero-order valence-electron chi connectivity index (χ0n) is 12.4. The average molecular weight is 322 g/mol. The highest BCUT2D eigenvalue weighted by molar-refractivity contribution is 7.90. The molecule has 2 rings (SSSR count). The van der Waals surface area contributed by atoms with Crippen molar-refractivity contribution < 1.29 is 14.9 Å². The molecule has 0 spiro atoms. The fourth-order valence-electron chi connectivity index (χ4n) is 2.44. The molecular weight excluding hydrogens is 300 g/mol. The molecule has 5 nitrogen and oxygen atoms in total. The van der Waals surface area contributed by atoms with E-state index in [4.69, 9.17) is 9.84 Å². The molecule has 22 heavy (non-hydrogen) atoms. The number of nitrogens with zero attached hydrogens (tertiary/aromatic N) is 2. The summed E-state index contributed by atoms with van der Waals surface area (Å²) in [5.41, 5.74) is -0.00504. The Balaban J connectivity index is 1.88. The first-order valence-corrected chi connectivity index (χ1v) is 7.86. The first-order valence-electron chi connectivity index (χ1n) is 7.42. The summed E-state index contributed by atoms with van der Waals surface area (Å²) in [7, 11) is 0. The zero-order chi connectivity index (χ0) is 15.8. The van der Waals surface area contributed by atoms with Crippen LogP contribution in [0.3, 0.4) is 0 Å². The minimum atomic E-state index is -0.890. The Morgan fingerprint density at radius 2 is 2.27 bits per heavy atom. The lowest BCUT2D eigenvalue weighted by atomic mass is 9.84. The second-order valence-corrected chi connectivity index (χ2v) is 5.91. The van der Waals surface area contributed by atoms with Crippen molar-refractivity contribution in [2.75, 3.05) is 13.2 Å². The van der Waals surface area contributed by atoms with Gasteiger partial charge in [0.25, 0.3) is 0 Å². The minimum Gasteiger partial charge on any atom is -0.394 e. The second kappa shape index (κ2) is 8.43. The average Bonchev–Trinajstić information content (AvgIpc) is 2.55. The molecule has 0 atom stereocenters. The van der Waals surface area contributed by atoms with Crippen LogP contribution in [-0.2, 0) is 4.74 Å². The quantitative estimate of drug-likeness (QED) is 0.553. The third-order valence-corrected chi connectivity index (χ3v) is 4.09. The molecule has 0 saturated heterocycles. The van der Waals surface area contributed by atoms with Gasteiger partial charge in [0, 0.05) is 35.3 Å². The molecule has 0 amide bonds. The number of aliphatic hydroxyl groups is 2. The summed E-state index contributed by atoms with van der Waals surface area (Å²) in [5.74, 6) is 0. The van der Waals surface area contributed by atoms with Gasteiger partial charge in [-0.3, -0.25) is 9.98 Å². The highest BCUT2D eigenvalue weighted by Gasteiger charge is 2.31. The summed E-state index contributed by atoms with van der Waals surface area (Å²) < 4.78 is 5.49. The Kier molecular flexibility index (Phi) is 6.57. The monoisotopic (exact) mass is 322 g/mol. The van der Waals surface area contributed by atoms with E-state index < -0.39 is 5.60 Å². The lowest BCUT2D eigenvalue weighted by molar-refractivity contribution is -0.0307. The summed E-state index contributed by atoms with van der Waals surface area (Å²) in [6.07, 6.45) is 9.48. The van der Waals surface area contributed by atoms with Crippen molar-refractivity contribution >= 4 is 23.7 Å². The SMILES string of the molecule is OCCOC1CCC(O)(C=N/C=C(\S)c2cccnc2)CC1. The van der Waals surface area contributed by atoms with Crippen molar-refractivity contribution in [2.24, 2.45) is 4.99 Å². The zero-order valence-corrected chi connectivity index (χ0v) is 13.3. The molecule has 1 aliphatic rings. The predicted molar refractivity (Wildman–Crippen MR) is 89.9 cm³/mol. The van der Waals surface area contributed by atoms with Gasteiger partial charge in [0.1, 0.15) is 0 Å². The fraction of sp³-hybridized carbons (Fsp3) is 0.500. The number of hydrogen-bond acceptors (Lipinski definition) is 6. The Hall–Kier alpha value is -1.21. The summed E-state index contributed by atoms with van der Waals surface area (Å²) >= 11 is 4.38. The van der Waals surface area contributed by atoms with Gasteiger partial charge in [0.2, 0.25) is 0 Å². The van der Waals surface area contributed by atoms with Crippen molar-refractivity contribution in [3.05, 3.63) is 36.3 Å². The number of rotatable bonds is 6. The number of ether oxygens (including phenoxy) is 1. The number of hydrogen-bond donors (Lipinski definition) is 3. The third-order valence-electron chi connectivity index (χ3n) is 3.71. The van der Waals surface area contributed by atoms with Gasteiger partial charge in [-0.05, 0) is 31.7 Å². The van der Waals surface area contributed by atoms with E-state index in [-0.39, 0.29) is 12.7 Å². The molecule has 1 aliphatic carbocycles. The highest BCUT2D eigenvalue weighted by atomic mass is 32.1. The van der Waals surface area contributed by atoms with Crippen LogP contribution in [0.25, 0.3) is 4.91 Å². The van der Waals surface area contributed by atoms with E-state index in [1.54, 1.807) is 24.8 Å². The molecule has 1 aromatic heterocycles. The maximum Gasteiger partial charge on any atom is 0.0999 e. The van der Waals surface area contributed by atoms with Gasteiger partial charge in [-0.15, -0.1) is 12.6 Å². The van der Waals surface area contributed by atoms with Crippen molar-refractivity contribution in [1.82, 2.24) is 4.98 Å². The van der Waals surface area contributed by atoms with E-state index in [0.29, 0.717) is 24.4 Å². The Morgan fingerprint density at radius 1 is 1.50 bits per heavy atom. The van der Waals surface area contributed by atoms with E-state index in [1.165, 1.54) is 0 Å². The molecule has 0 aliphatic heterocycles. The van der Waals surface area contributed by atoms with Crippen molar-refractivity contribution in [3.8, 4) is 0 Å². The molecule has 0 aromatic carbocycles. The molecule has 2 N–H and O–H groups in total. The van der Waals surface area contributed by atoms with Crippen molar-refractivity contribution in [3.63, 3.8) is 0 Å². The van der Waals surface area contributed by atoms with Crippen LogP contribution in [0.1, 0.15) is 31.2 Å².